The van der Waals surface area contributed by atoms with Crippen LogP contribution in [0.1, 0.15) is 17.4 Å². The molecule has 17 heavy (non-hydrogen) atoms. The van der Waals surface area contributed by atoms with Gasteiger partial charge in [-0.3, -0.25) is 0 Å². The molecule has 1 saturated heterocycles. The minimum absolute atomic E-state index is 0.330. The lowest BCUT2D eigenvalue weighted by molar-refractivity contribution is 0.0520. The van der Waals surface area contributed by atoms with Gasteiger partial charge >= 0.3 is 5.97 Å². The Labute approximate surface area is 105 Å². The van der Waals surface area contributed by atoms with E-state index in [2.05, 4.69) is 21.8 Å². The fraction of sp³-hybridized carbons (Fsp3) is 0.636. The molecule has 0 aliphatic carbocycles. The number of esters is 1. The molecule has 6 heteroatoms. The van der Waals surface area contributed by atoms with Gasteiger partial charge in [0.2, 0.25) is 0 Å². The van der Waals surface area contributed by atoms with Gasteiger partial charge in [-0.15, -0.1) is 11.3 Å². The van der Waals surface area contributed by atoms with Crippen molar-refractivity contribution in [2.75, 3.05) is 44.7 Å². The van der Waals surface area contributed by atoms with Crippen LogP contribution in [0.25, 0.3) is 0 Å². The van der Waals surface area contributed by atoms with Gasteiger partial charge in [0.1, 0.15) is 0 Å². The normalized spacial score (nSPS) is 17.2. The van der Waals surface area contributed by atoms with Crippen LogP contribution in [0, 0.1) is 0 Å². The Morgan fingerprint density at radius 3 is 2.82 bits per heavy atom. The number of piperazine rings is 1. The van der Waals surface area contributed by atoms with Crippen LogP contribution in [0.2, 0.25) is 0 Å². The summed E-state index contributed by atoms with van der Waals surface area (Å²) in [6.45, 7) is 6.19. The van der Waals surface area contributed by atoms with E-state index in [1.165, 1.54) is 11.3 Å². The highest BCUT2D eigenvalue weighted by Gasteiger charge is 2.19. The maximum atomic E-state index is 11.5. The maximum Gasteiger partial charge on any atom is 0.357 e. The van der Waals surface area contributed by atoms with Crippen LogP contribution in [0.5, 0.6) is 0 Å². The second-order valence-corrected chi connectivity index (χ2v) is 4.86. The summed E-state index contributed by atoms with van der Waals surface area (Å²) in [4.78, 5) is 20.3. The van der Waals surface area contributed by atoms with E-state index in [9.17, 15) is 4.79 Å². The van der Waals surface area contributed by atoms with Crippen LogP contribution < -0.4 is 4.90 Å². The lowest BCUT2D eigenvalue weighted by Gasteiger charge is -2.32. The van der Waals surface area contributed by atoms with Crippen molar-refractivity contribution in [1.29, 1.82) is 0 Å². The number of likely N-dealkylation sites (N-methyl/N-ethyl adjacent to an activating group) is 1. The minimum Gasteiger partial charge on any atom is -0.461 e. The Morgan fingerprint density at radius 2 is 2.18 bits per heavy atom. The summed E-state index contributed by atoms with van der Waals surface area (Å²) in [5, 5.41) is 2.69. The molecule has 0 radical (unpaired) electrons. The molecule has 1 aromatic rings. The quantitative estimate of drug-likeness (QED) is 0.756. The number of thiazole rings is 1. The summed E-state index contributed by atoms with van der Waals surface area (Å²) in [7, 11) is 2.11. The topological polar surface area (TPSA) is 45.7 Å². The molecule has 1 aliphatic rings. The molecule has 5 nitrogen and oxygen atoms in total. The minimum atomic E-state index is -0.330. The van der Waals surface area contributed by atoms with Crippen molar-refractivity contribution in [3.8, 4) is 0 Å². The van der Waals surface area contributed by atoms with Crippen LogP contribution >= 0.6 is 11.3 Å². The Bertz CT molecular complexity index is 386. The monoisotopic (exact) mass is 255 g/mol. The molecule has 1 aliphatic heterocycles. The molecule has 1 fully saturated rings. The van der Waals surface area contributed by atoms with Gasteiger partial charge in [0.05, 0.1) is 6.61 Å². The number of aromatic nitrogens is 1. The first-order valence-electron chi connectivity index (χ1n) is 5.77. The van der Waals surface area contributed by atoms with Crippen molar-refractivity contribution in [3.63, 3.8) is 0 Å². The molecule has 0 saturated carbocycles. The van der Waals surface area contributed by atoms with E-state index in [0.717, 1.165) is 31.3 Å². The fourth-order valence-corrected chi connectivity index (χ4v) is 2.55. The largest absolute Gasteiger partial charge is 0.461 e. The van der Waals surface area contributed by atoms with E-state index < -0.39 is 0 Å². The van der Waals surface area contributed by atoms with E-state index >= 15 is 0 Å². The lowest BCUT2D eigenvalue weighted by Crippen LogP contribution is -2.44. The molecule has 0 aromatic carbocycles. The van der Waals surface area contributed by atoms with Crippen molar-refractivity contribution in [2.45, 2.75) is 6.92 Å². The van der Waals surface area contributed by atoms with Gasteiger partial charge in [-0.25, -0.2) is 9.78 Å². The predicted octanol–water partition coefficient (Wildman–Crippen LogP) is 1.07. The molecular formula is C11H17N3O2S. The second-order valence-electron chi connectivity index (χ2n) is 4.03. The summed E-state index contributed by atoms with van der Waals surface area (Å²) in [6.07, 6.45) is 0. The maximum absolute atomic E-state index is 11.5. The third-order valence-electron chi connectivity index (χ3n) is 2.75. The van der Waals surface area contributed by atoms with E-state index in [0.29, 0.717) is 12.3 Å². The first kappa shape index (κ1) is 12.3. The van der Waals surface area contributed by atoms with Crippen LogP contribution in [0.4, 0.5) is 5.13 Å². The molecule has 0 atom stereocenters. The smallest absolute Gasteiger partial charge is 0.357 e. The molecule has 94 valence electrons. The lowest BCUT2D eigenvalue weighted by atomic mass is 10.3. The Kier molecular flexibility index (Phi) is 3.96. The standard InChI is InChI=1S/C11H17N3O2S/c1-3-16-10(15)9-8-17-11(12-9)14-6-4-13(2)5-7-14/h8H,3-7H2,1-2H3. The number of nitrogens with zero attached hydrogens (tertiary/aromatic N) is 3. The van der Waals surface area contributed by atoms with E-state index in [1.54, 1.807) is 12.3 Å². The Morgan fingerprint density at radius 1 is 1.47 bits per heavy atom. The second kappa shape index (κ2) is 5.46. The average molecular weight is 255 g/mol. The first-order chi connectivity index (χ1) is 8.20. The zero-order valence-electron chi connectivity index (χ0n) is 10.2. The van der Waals surface area contributed by atoms with E-state index in [1.807, 2.05) is 0 Å². The number of anilines is 1. The molecule has 0 spiro atoms. The predicted molar refractivity (Wildman–Crippen MR) is 67.8 cm³/mol. The van der Waals surface area contributed by atoms with Crippen molar-refractivity contribution in [3.05, 3.63) is 11.1 Å². The molecule has 1 aromatic heterocycles. The summed E-state index contributed by atoms with van der Waals surface area (Å²) in [5.74, 6) is -0.330. The van der Waals surface area contributed by atoms with Gasteiger partial charge in [0, 0.05) is 31.6 Å². The van der Waals surface area contributed by atoms with Crippen LogP contribution in [0.3, 0.4) is 0 Å². The van der Waals surface area contributed by atoms with E-state index in [-0.39, 0.29) is 5.97 Å². The SMILES string of the molecule is CCOC(=O)c1csc(N2CCN(C)CC2)n1. The van der Waals surface area contributed by atoms with Gasteiger partial charge in [0.15, 0.2) is 10.8 Å². The Balaban J connectivity index is 2.00. The number of carbonyl (C=O) groups excluding carboxylic acids is 1. The zero-order chi connectivity index (χ0) is 12.3. The van der Waals surface area contributed by atoms with Crippen molar-refractivity contribution in [1.82, 2.24) is 9.88 Å². The third-order valence-corrected chi connectivity index (χ3v) is 3.65. The number of hydrogen-bond donors (Lipinski definition) is 0. The molecule has 2 heterocycles. The Hall–Kier alpha value is -1.14. The highest BCUT2D eigenvalue weighted by Crippen LogP contribution is 2.22. The number of carbonyl (C=O) groups is 1. The summed E-state index contributed by atoms with van der Waals surface area (Å²) >= 11 is 1.51. The average Bonchev–Trinajstić information content (AvgIpc) is 2.80. The summed E-state index contributed by atoms with van der Waals surface area (Å²) in [5.41, 5.74) is 0.422. The van der Waals surface area contributed by atoms with Crippen molar-refractivity contribution in [2.24, 2.45) is 0 Å². The van der Waals surface area contributed by atoms with Gasteiger partial charge < -0.3 is 14.5 Å². The van der Waals surface area contributed by atoms with Gasteiger partial charge in [-0.1, -0.05) is 0 Å². The molecule has 0 amide bonds. The summed E-state index contributed by atoms with van der Waals surface area (Å²) in [6, 6.07) is 0. The van der Waals surface area contributed by atoms with Crippen LogP contribution in [-0.4, -0.2) is 55.7 Å². The third kappa shape index (κ3) is 2.95. The number of hydrogen-bond acceptors (Lipinski definition) is 6. The van der Waals surface area contributed by atoms with Crippen molar-refractivity contribution >= 4 is 22.4 Å². The van der Waals surface area contributed by atoms with E-state index in [4.69, 9.17) is 4.74 Å². The van der Waals surface area contributed by atoms with Crippen LogP contribution in [0.15, 0.2) is 5.38 Å². The molecule has 0 bridgehead atoms. The van der Waals surface area contributed by atoms with Gasteiger partial charge in [-0.2, -0.15) is 0 Å². The molecular weight excluding hydrogens is 238 g/mol. The molecule has 0 unspecified atom stereocenters. The van der Waals surface area contributed by atoms with Gasteiger partial charge in [-0.05, 0) is 14.0 Å². The number of rotatable bonds is 3. The first-order valence-corrected chi connectivity index (χ1v) is 6.65. The highest BCUT2D eigenvalue weighted by molar-refractivity contribution is 7.13. The zero-order valence-corrected chi connectivity index (χ0v) is 11.0. The highest BCUT2D eigenvalue weighted by atomic mass is 32.1. The molecule has 2 rings (SSSR count). The number of ether oxygens (including phenoxy) is 1. The van der Waals surface area contributed by atoms with Crippen molar-refractivity contribution < 1.29 is 9.53 Å². The molecule has 0 N–H and O–H groups in total. The van der Waals surface area contributed by atoms with Gasteiger partial charge in [0.25, 0.3) is 0 Å². The fourth-order valence-electron chi connectivity index (χ4n) is 1.71. The van der Waals surface area contributed by atoms with Crippen LogP contribution in [-0.2, 0) is 4.74 Å². The summed E-state index contributed by atoms with van der Waals surface area (Å²) < 4.78 is 4.92.